The Labute approximate surface area is 185 Å². The molecule has 9 nitrogen and oxygen atoms in total. The summed E-state index contributed by atoms with van der Waals surface area (Å²) in [5.74, 6) is 0.321. The fraction of sp³-hybridized carbons (Fsp3) is 0.261. The van der Waals surface area contributed by atoms with Crippen LogP contribution in [0.2, 0.25) is 0 Å². The molecule has 9 heteroatoms. The number of ketones is 1. The van der Waals surface area contributed by atoms with Crippen LogP contribution in [0.1, 0.15) is 22.8 Å². The molecule has 4 rings (SSSR count). The maximum atomic E-state index is 12.0. The second kappa shape index (κ2) is 9.52. The molecule has 3 aromatic rings. The average Bonchev–Trinajstić information content (AvgIpc) is 2.80. The van der Waals surface area contributed by atoms with E-state index in [1.54, 1.807) is 24.3 Å². The van der Waals surface area contributed by atoms with E-state index < -0.39 is 4.92 Å². The summed E-state index contributed by atoms with van der Waals surface area (Å²) in [7, 11) is 0. The quantitative estimate of drug-likeness (QED) is 0.343. The third-order valence-electron chi connectivity index (χ3n) is 5.44. The fourth-order valence-electron chi connectivity index (χ4n) is 3.77. The standard InChI is InChI=1S/C23H24N6O3/c1-17(30)19-8-5-9-20(14-19)26-22-21(29(31)32)23(25-16-24-22)28-12-10-27(11-13-28)15-18-6-3-2-4-7-18/h2-9,14,16H,10-13,15H2,1H3,(H,24,25,26). The van der Waals surface area contributed by atoms with Crippen LogP contribution in [0.5, 0.6) is 0 Å². The Morgan fingerprint density at radius 1 is 1.06 bits per heavy atom. The molecule has 0 radical (unpaired) electrons. The Bertz CT molecular complexity index is 1110. The van der Waals surface area contributed by atoms with Crippen molar-refractivity contribution in [3.8, 4) is 0 Å². The number of anilines is 3. The van der Waals surface area contributed by atoms with Gasteiger partial charge in [-0.1, -0.05) is 42.5 Å². The van der Waals surface area contributed by atoms with Crippen LogP contribution in [-0.4, -0.2) is 51.8 Å². The highest BCUT2D eigenvalue weighted by Gasteiger charge is 2.29. The Morgan fingerprint density at radius 2 is 1.81 bits per heavy atom. The van der Waals surface area contributed by atoms with E-state index in [2.05, 4.69) is 32.3 Å². The predicted octanol–water partition coefficient (Wildman–Crippen LogP) is 3.65. The first-order chi connectivity index (χ1) is 15.5. The smallest absolute Gasteiger partial charge is 0.348 e. The van der Waals surface area contributed by atoms with E-state index in [4.69, 9.17) is 0 Å². The molecule has 1 saturated heterocycles. The van der Waals surface area contributed by atoms with Crippen LogP contribution in [-0.2, 0) is 6.54 Å². The number of carbonyl (C=O) groups excluding carboxylic acids is 1. The molecule has 0 spiro atoms. The first-order valence-electron chi connectivity index (χ1n) is 10.4. The number of carbonyl (C=O) groups is 1. The molecule has 1 aromatic heterocycles. The maximum absolute atomic E-state index is 12.0. The number of rotatable bonds is 7. The van der Waals surface area contributed by atoms with Crippen LogP contribution < -0.4 is 10.2 Å². The van der Waals surface area contributed by atoms with Crippen molar-refractivity contribution in [1.29, 1.82) is 0 Å². The fourth-order valence-corrected chi connectivity index (χ4v) is 3.77. The normalized spacial score (nSPS) is 14.2. The van der Waals surface area contributed by atoms with Crippen LogP contribution in [0.4, 0.5) is 23.0 Å². The van der Waals surface area contributed by atoms with E-state index in [-0.39, 0.29) is 17.3 Å². The number of nitro groups is 1. The number of piperazine rings is 1. The Kier molecular flexibility index (Phi) is 6.37. The Hall–Kier alpha value is -3.85. The van der Waals surface area contributed by atoms with Crippen molar-refractivity contribution in [2.45, 2.75) is 13.5 Å². The molecule has 0 bridgehead atoms. The van der Waals surface area contributed by atoms with Gasteiger partial charge in [0.05, 0.1) is 4.92 Å². The number of Topliss-reactive ketones (excluding diaryl/α,β-unsaturated/α-hetero) is 1. The highest BCUT2D eigenvalue weighted by atomic mass is 16.6. The van der Waals surface area contributed by atoms with Gasteiger partial charge in [0.15, 0.2) is 5.78 Å². The first kappa shape index (κ1) is 21.4. The minimum Gasteiger partial charge on any atom is -0.348 e. The lowest BCUT2D eigenvalue weighted by atomic mass is 10.1. The van der Waals surface area contributed by atoms with Gasteiger partial charge in [-0.15, -0.1) is 0 Å². The minimum absolute atomic E-state index is 0.0834. The lowest BCUT2D eigenvalue weighted by Gasteiger charge is -2.35. The SMILES string of the molecule is CC(=O)c1cccc(Nc2ncnc(N3CCN(Cc4ccccc4)CC3)c2[N+](=O)[O-])c1. The van der Waals surface area contributed by atoms with Crippen molar-refractivity contribution >= 4 is 28.8 Å². The molecule has 2 heterocycles. The molecular weight excluding hydrogens is 408 g/mol. The predicted molar refractivity (Wildman–Crippen MR) is 122 cm³/mol. The van der Waals surface area contributed by atoms with E-state index in [9.17, 15) is 14.9 Å². The summed E-state index contributed by atoms with van der Waals surface area (Å²) in [5.41, 5.74) is 2.14. The highest BCUT2D eigenvalue weighted by molar-refractivity contribution is 5.95. The summed E-state index contributed by atoms with van der Waals surface area (Å²) in [6.07, 6.45) is 1.33. The van der Waals surface area contributed by atoms with Crippen LogP contribution >= 0.6 is 0 Å². The van der Waals surface area contributed by atoms with Crippen molar-refractivity contribution in [2.75, 3.05) is 36.4 Å². The van der Waals surface area contributed by atoms with E-state index in [0.717, 1.165) is 19.6 Å². The van der Waals surface area contributed by atoms with Crippen LogP contribution in [0.15, 0.2) is 60.9 Å². The Morgan fingerprint density at radius 3 is 2.50 bits per heavy atom. The van der Waals surface area contributed by atoms with E-state index in [1.807, 2.05) is 23.1 Å². The van der Waals surface area contributed by atoms with Crippen LogP contribution in [0.25, 0.3) is 0 Å². The van der Waals surface area contributed by atoms with Crippen LogP contribution in [0, 0.1) is 10.1 Å². The van der Waals surface area contributed by atoms with E-state index in [1.165, 1.54) is 18.8 Å². The molecule has 32 heavy (non-hydrogen) atoms. The molecule has 164 valence electrons. The molecular formula is C23H24N6O3. The summed E-state index contributed by atoms with van der Waals surface area (Å²) in [5, 5.41) is 14.9. The molecule has 1 aliphatic rings. The second-order valence-corrected chi connectivity index (χ2v) is 7.66. The zero-order valence-electron chi connectivity index (χ0n) is 17.8. The lowest BCUT2D eigenvalue weighted by Crippen LogP contribution is -2.46. The minimum atomic E-state index is -0.456. The topological polar surface area (TPSA) is 104 Å². The molecule has 0 unspecified atom stereocenters. The summed E-state index contributed by atoms with van der Waals surface area (Å²) in [6.45, 7) is 5.13. The van der Waals surface area contributed by atoms with Gasteiger partial charge in [-0.05, 0) is 24.6 Å². The molecule has 0 atom stereocenters. The number of benzene rings is 2. The third-order valence-corrected chi connectivity index (χ3v) is 5.44. The lowest BCUT2D eigenvalue weighted by molar-refractivity contribution is -0.383. The van der Waals surface area contributed by atoms with E-state index >= 15 is 0 Å². The molecule has 0 aliphatic carbocycles. The van der Waals surface area contributed by atoms with Gasteiger partial charge >= 0.3 is 5.69 Å². The van der Waals surface area contributed by atoms with Gasteiger partial charge in [0.2, 0.25) is 11.6 Å². The van der Waals surface area contributed by atoms with Gasteiger partial charge in [-0.3, -0.25) is 19.8 Å². The van der Waals surface area contributed by atoms with Gasteiger partial charge in [0.25, 0.3) is 0 Å². The zero-order chi connectivity index (χ0) is 22.5. The van der Waals surface area contributed by atoms with Gasteiger partial charge in [0, 0.05) is 44.0 Å². The number of nitrogens with zero attached hydrogens (tertiary/aromatic N) is 5. The zero-order valence-corrected chi connectivity index (χ0v) is 17.8. The molecule has 2 aromatic carbocycles. The summed E-state index contributed by atoms with van der Waals surface area (Å²) >= 11 is 0. The number of nitrogens with one attached hydrogen (secondary N) is 1. The largest absolute Gasteiger partial charge is 0.353 e. The van der Waals surface area contributed by atoms with Gasteiger partial charge < -0.3 is 10.2 Å². The highest BCUT2D eigenvalue weighted by Crippen LogP contribution is 2.34. The van der Waals surface area contributed by atoms with Crippen molar-refractivity contribution < 1.29 is 9.72 Å². The van der Waals surface area contributed by atoms with Crippen molar-refractivity contribution in [3.63, 3.8) is 0 Å². The molecule has 1 fully saturated rings. The third kappa shape index (κ3) is 4.89. The van der Waals surface area contributed by atoms with Gasteiger partial charge in [-0.25, -0.2) is 9.97 Å². The number of hydrogen-bond acceptors (Lipinski definition) is 8. The second-order valence-electron chi connectivity index (χ2n) is 7.66. The monoisotopic (exact) mass is 432 g/mol. The van der Waals surface area contributed by atoms with Crippen molar-refractivity contribution in [1.82, 2.24) is 14.9 Å². The molecule has 0 saturated carbocycles. The maximum Gasteiger partial charge on any atom is 0.353 e. The van der Waals surface area contributed by atoms with Crippen LogP contribution in [0.3, 0.4) is 0 Å². The van der Waals surface area contributed by atoms with Gasteiger partial charge in [0.1, 0.15) is 6.33 Å². The van der Waals surface area contributed by atoms with Crippen molar-refractivity contribution in [2.24, 2.45) is 0 Å². The number of hydrogen-bond donors (Lipinski definition) is 1. The molecule has 1 aliphatic heterocycles. The van der Waals surface area contributed by atoms with Crippen molar-refractivity contribution in [3.05, 3.63) is 82.2 Å². The summed E-state index contributed by atoms with van der Waals surface area (Å²) < 4.78 is 0. The Balaban J connectivity index is 1.52. The number of aromatic nitrogens is 2. The van der Waals surface area contributed by atoms with Gasteiger partial charge in [-0.2, -0.15) is 0 Å². The summed E-state index contributed by atoms with van der Waals surface area (Å²) in [6, 6.07) is 17.0. The molecule has 1 N–H and O–H groups in total. The average molecular weight is 432 g/mol. The molecule has 0 amide bonds. The van der Waals surface area contributed by atoms with E-state index in [0.29, 0.717) is 30.2 Å². The first-order valence-corrected chi connectivity index (χ1v) is 10.4. The summed E-state index contributed by atoms with van der Waals surface area (Å²) in [4.78, 5) is 35.8.